The summed E-state index contributed by atoms with van der Waals surface area (Å²) < 4.78 is 8.38. The van der Waals surface area contributed by atoms with E-state index in [9.17, 15) is 9.59 Å². The summed E-state index contributed by atoms with van der Waals surface area (Å²) in [5.74, 6) is -0.770. The van der Waals surface area contributed by atoms with E-state index in [1.807, 2.05) is 41.9 Å². The highest BCUT2D eigenvalue weighted by molar-refractivity contribution is 7.20. The number of aromatic nitrogens is 2. The van der Waals surface area contributed by atoms with Crippen molar-refractivity contribution in [2.24, 2.45) is 12.0 Å². The van der Waals surface area contributed by atoms with Crippen molar-refractivity contribution in [1.29, 1.82) is 0 Å². The van der Waals surface area contributed by atoms with Crippen LogP contribution in [-0.4, -0.2) is 28.5 Å². The maximum Gasteiger partial charge on any atom is 0.337 e. The Morgan fingerprint density at radius 1 is 1.12 bits per heavy atom. The Balaban J connectivity index is 1.78. The first-order chi connectivity index (χ1) is 12.6. The molecule has 0 unspecified atom stereocenters. The topological polar surface area (TPSA) is 73.6 Å². The lowest BCUT2D eigenvalue weighted by atomic mass is 10.2. The Labute approximate surface area is 156 Å². The molecular formula is C18H13N3O3S2. The third-order valence-electron chi connectivity index (χ3n) is 3.90. The molecule has 2 aromatic carbocycles. The van der Waals surface area contributed by atoms with Crippen molar-refractivity contribution in [3.63, 3.8) is 0 Å². The zero-order valence-electron chi connectivity index (χ0n) is 13.9. The van der Waals surface area contributed by atoms with Crippen LogP contribution in [0.25, 0.3) is 20.4 Å². The van der Waals surface area contributed by atoms with Crippen LogP contribution in [0.15, 0.2) is 47.5 Å². The normalized spacial score (nSPS) is 12.0. The van der Waals surface area contributed by atoms with Gasteiger partial charge in [-0.1, -0.05) is 23.5 Å². The first-order valence-electron chi connectivity index (χ1n) is 7.69. The van der Waals surface area contributed by atoms with Crippen molar-refractivity contribution in [3.05, 3.63) is 57.8 Å². The summed E-state index contributed by atoms with van der Waals surface area (Å²) in [5, 5.41) is 0.360. The van der Waals surface area contributed by atoms with E-state index < -0.39 is 5.97 Å². The summed E-state index contributed by atoms with van der Waals surface area (Å²) in [6.45, 7) is 0. The molecular weight excluding hydrogens is 370 g/mol. The van der Waals surface area contributed by atoms with E-state index in [2.05, 4.69) is 9.98 Å². The van der Waals surface area contributed by atoms with Gasteiger partial charge in [0.25, 0.3) is 0 Å². The Morgan fingerprint density at radius 3 is 2.69 bits per heavy atom. The van der Waals surface area contributed by atoms with Crippen LogP contribution in [0.5, 0.6) is 0 Å². The zero-order chi connectivity index (χ0) is 18.3. The molecule has 6 nitrogen and oxygen atoms in total. The molecule has 0 saturated carbocycles. The van der Waals surface area contributed by atoms with Crippen molar-refractivity contribution < 1.29 is 14.3 Å². The third kappa shape index (κ3) is 2.83. The van der Waals surface area contributed by atoms with E-state index in [1.165, 1.54) is 29.8 Å². The summed E-state index contributed by atoms with van der Waals surface area (Å²) in [6, 6.07) is 12.9. The van der Waals surface area contributed by atoms with Gasteiger partial charge in [-0.05, 0) is 30.3 Å². The molecule has 1 amide bonds. The van der Waals surface area contributed by atoms with Crippen molar-refractivity contribution >= 4 is 55.0 Å². The van der Waals surface area contributed by atoms with Crippen LogP contribution in [0.2, 0.25) is 0 Å². The number of fused-ring (bicyclic) bond motifs is 2. The van der Waals surface area contributed by atoms with Crippen LogP contribution in [0.4, 0.5) is 0 Å². The van der Waals surface area contributed by atoms with E-state index in [0.29, 0.717) is 15.4 Å². The fourth-order valence-electron chi connectivity index (χ4n) is 2.58. The zero-order valence-corrected chi connectivity index (χ0v) is 15.6. The number of benzene rings is 2. The fraction of sp³-hybridized carbons (Fsp3) is 0.111. The number of thiazole rings is 2. The van der Waals surface area contributed by atoms with Crippen molar-refractivity contribution in [1.82, 2.24) is 9.55 Å². The minimum absolute atomic E-state index is 0.360. The molecule has 130 valence electrons. The Morgan fingerprint density at radius 2 is 1.92 bits per heavy atom. The summed E-state index contributed by atoms with van der Waals surface area (Å²) in [7, 11) is 3.18. The lowest BCUT2D eigenvalue weighted by Gasteiger charge is -1.99. The highest BCUT2D eigenvalue weighted by Gasteiger charge is 2.13. The Hall–Kier alpha value is -2.84. The number of carbonyl (C=O) groups excluding carboxylic acids is 2. The second kappa shape index (κ2) is 6.47. The molecule has 0 spiro atoms. The third-order valence-corrected chi connectivity index (χ3v) is 6.02. The SMILES string of the molecule is COC(=O)c1ccc2c(c1)sc(=NC(=O)c1nc3ccccc3s1)n2C. The molecule has 0 N–H and O–H groups in total. The molecule has 0 bridgehead atoms. The van der Waals surface area contributed by atoms with Gasteiger partial charge in [-0.25, -0.2) is 9.78 Å². The summed E-state index contributed by atoms with van der Waals surface area (Å²) in [5.41, 5.74) is 2.14. The average Bonchev–Trinajstić information content (AvgIpc) is 3.22. The van der Waals surface area contributed by atoms with Crippen LogP contribution < -0.4 is 4.80 Å². The number of ether oxygens (including phenoxy) is 1. The highest BCUT2D eigenvalue weighted by Crippen LogP contribution is 2.22. The number of nitrogens with zero attached hydrogens (tertiary/aromatic N) is 3. The molecule has 0 atom stereocenters. The van der Waals surface area contributed by atoms with Gasteiger partial charge in [-0.3, -0.25) is 4.79 Å². The van der Waals surface area contributed by atoms with Gasteiger partial charge < -0.3 is 9.30 Å². The maximum atomic E-state index is 12.5. The molecule has 4 rings (SSSR count). The lowest BCUT2D eigenvalue weighted by molar-refractivity contribution is 0.0601. The van der Waals surface area contributed by atoms with Gasteiger partial charge in [0.05, 0.1) is 33.1 Å². The largest absolute Gasteiger partial charge is 0.465 e. The maximum absolute atomic E-state index is 12.5. The second-order valence-corrected chi connectivity index (χ2v) is 7.56. The van der Waals surface area contributed by atoms with Gasteiger partial charge in [-0.2, -0.15) is 4.99 Å². The van der Waals surface area contributed by atoms with Crippen molar-refractivity contribution in [2.75, 3.05) is 7.11 Å². The van der Waals surface area contributed by atoms with Crippen LogP contribution in [0.1, 0.15) is 20.2 Å². The molecule has 0 radical (unpaired) electrons. The molecule has 0 aliphatic heterocycles. The number of hydrogen-bond donors (Lipinski definition) is 0. The molecule has 2 aromatic heterocycles. The number of hydrogen-bond acceptors (Lipinski definition) is 6. The summed E-state index contributed by atoms with van der Waals surface area (Å²) in [4.78, 5) is 33.4. The summed E-state index contributed by atoms with van der Waals surface area (Å²) in [6.07, 6.45) is 0. The van der Waals surface area contributed by atoms with E-state index in [-0.39, 0.29) is 5.91 Å². The number of methoxy groups -OCH3 is 1. The molecule has 0 saturated heterocycles. The standard InChI is InChI=1S/C18H13N3O3S2/c1-21-12-8-7-10(17(23)24-2)9-14(12)26-18(21)20-15(22)16-19-11-5-3-4-6-13(11)25-16/h3-9H,1-2H3. The predicted octanol–water partition coefficient (Wildman–Crippen LogP) is 3.38. The minimum atomic E-state index is -0.396. The van der Waals surface area contributed by atoms with Gasteiger partial charge in [-0.15, -0.1) is 11.3 Å². The van der Waals surface area contributed by atoms with Gasteiger partial charge in [0.2, 0.25) is 0 Å². The number of rotatable bonds is 2. The quantitative estimate of drug-likeness (QED) is 0.498. The van der Waals surface area contributed by atoms with Crippen LogP contribution in [0.3, 0.4) is 0 Å². The number of para-hydroxylation sites is 1. The smallest absolute Gasteiger partial charge is 0.337 e. The molecule has 2 heterocycles. The van der Waals surface area contributed by atoms with E-state index in [1.54, 1.807) is 12.1 Å². The number of carbonyl (C=O) groups is 2. The lowest BCUT2D eigenvalue weighted by Crippen LogP contribution is -2.13. The fourth-order valence-corrected chi connectivity index (χ4v) is 4.49. The van der Waals surface area contributed by atoms with E-state index in [0.717, 1.165) is 20.4 Å². The Bertz CT molecular complexity index is 1200. The summed E-state index contributed by atoms with van der Waals surface area (Å²) >= 11 is 2.67. The average molecular weight is 383 g/mol. The van der Waals surface area contributed by atoms with Gasteiger partial charge in [0.15, 0.2) is 9.81 Å². The van der Waals surface area contributed by atoms with Gasteiger partial charge in [0, 0.05) is 7.05 Å². The van der Waals surface area contributed by atoms with Crippen molar-refractivity contribution in [3.8, 4) is 0 Å². The van der Waals surface area contributed by atoms with E-state index >= 15 is 0 Å². The van der Waals surface area contributed by atoms with Crippen molar-refractivity contribution in [2.45, 2.75) is 0 Å². The van der Waals surface area contributed by atoms with Gasteiger partial charge >= 0.3 is 11.9 Å². The predicted molar refractivity (Wildman–Crippen MR) is 102 cm³/mol. The molecule has 26 heavy (non-hydrogen) atoms. The minimum Gasteiger partial charge on any atom is -0.465 e. The number of esters is 1. The molecule has 0 aliphatic rings. The molecule has 4 aromatic rings. The molecule has 0 fully saturated rings. The highest BCUT2D eigenvalue weighted by atomic mass is 32.1. The van der Waals surface area contributed by atoms with E-state index in [4.69, 9.17) is 4.74 Å². The first kappa shape index (κ1) is 16.6. The monoisotopic (exact) mass is 383 g/mol. The first-order valence-corrected chi connectivity index (χ1v) is 9.32. The van der Waals surface area contributed by atoms with Crippen LogP contribution >= 0.6 is 22.7 Å². The molecule has 0 aliphatic carbocycles. The second-order valence-electron chi connectivity index (χ2n) is 5.52. The molecule has 8 heteroatoms. The van der Waals surface area contributed by atoms with Crippen LogP contribution in [0, 0.1) is 0 Å². The van der Waals surface area contributed by atoms with Crippen LogP contribution in [-0.2, 0) is 11.8 Å². The van der Waals surface area contributed by atoms with Gasteiger partial charge in [0.1, 0.15) is 0 Å². The Kier molecular flexibility index (Phi) is 4.14. The number of aryl methyl sites for hydroxylation is 1. The number of amides is 1.